The summed E-state index contributed by atoms with van der Waals surface area (Å²) in [6.45, 7) is 0.650. The number of Topliss-reactive ketones (excluding diaryl/α,β-unsaturated/α-hetero) is 1. The summed E-state index contributed by atoms with van der Waals surface area (Å²) in [4.78, 5) is 23.8. The number of hydrogen-bond acceptors (Lipinski definition) is 4. The van der Waals surface area contributed by atoms with Gasteiger partial charge in [-0.25, -0.2) is 0 Å². The lowest BCUT2D eigenvalue weighted by Gasteiger charge is -2.19. The lowest BCUT2D eigenvalue weighted by atomic mass is 10.00. The summed E-state index contributed by atoms with van der Waals surface area (Å²) in [6, 6.07) is 5.61. The normalized spacial score (nSPS) is 16.0. The minimum atomic E-state index is -1.13. The van der Waals surface area contributed by atoms with Gasteiger partial charge in [0, 0.05) is 11.1 Å². The molecule has 0 aromatic heterocycles. The number of amides is 1. The van der Waals surface area contributed by atoms with Crippen LogP contribution in [0, 0.1) is 11.8 Å². The highest BCUT2D eigenvalue weighted by molar-refractivity contribution is 5.98. The highest BCUT2D eigenvalue weighted by Gasteiger charge is 2.25. The highest BCUT2D eigenvalue weighted by Crippen LogP contribution is 2.16. The Morgan fingerprint density at radius 2 is 1.92 bits per heavy atom. The van der Waals surface area contributed by atoms with Gasteiger partial charge in [-0.05, 0) is 62.4 Å². The predicted molar refractivity (Wildman–Crippen MR) is 94.9 cm³/mol. The molecule has 0 heterocycles. The zero-order chi connectivity index (χ0) is 18.2. The molecule has 25 heavy (non-hydrogen) atoms. The van der Waals surface area contributed by atoms with Crippen molar-refractivity contribution in [3.63, 3.8) is 0 Å². The van der Waals surface area contributed by atoms with E-state index in [2.05, 4.69) is 23.2 Å². The Labute approximate surface area is 147 Å². The van der Waals surface area contributed by atoms with Crippen LogP contribution in [0.1, 0.15) is 48.5 Å². The molecular weight excluding hydrogens is 318 g/mol. The van der Waals surface area contributed by atoms with Crippen molar-refractivity contribution >= 4 is 11.7 Å². The zero-order valence-electron chi connectivity index (χ0n) is 14.3. The van der Waals surface area contributed by atoms with Gasteiger partial charge in [0.15, 0.2) is 5.78 Å². The summed E-state index contributed by atoms with van der Waals surface area (Å²) >= 11 is 0. The van der Waals surface area contributed by atoms with Crippen LogP contribution in [-0.2, 0) is 4.79 Å². The van der Waals surface area contributed by atoms with E-state index in [1.165, 1.54) is 19.8 Å². The van der Waals surface area contributed by atoms with Gasteiger partial charge in [0.2, 0.25) is 0 Å². The van der Waals surface area contributed by atoms with Gasteiger partial charge in [-0.2, -0.15) is 0 Å². The summed E-state index contributed by atoms with van der Waals surface area (Å²) in [7, 11) is 0. The van der Waals surface area contributed by atoms with Crippen molar-refractivity contribution in [2.24, 2.45) is 0 Å². The first kappa shape index (κ1) is 18.9. The van der Waals surface area contributed by atoms with E-state index in [0.29, 0.717) is 5.56 Å². The molecule has 0 bridgehead atoms. The number of hydrogen-bond donors (Lipinski definition) is 3. The predicted octanol–water partition coefficient (Wildman–Crippen LogP) is 1.58. The third kappa shape index (κ3) is 5.56. The van der Waals surface area contributed by atoms with Gasteiger partial charge in [0.05, 0.1) is 6.10 Å². The molecule has 0 saturated heterocycles. The molecule has 5 nitrogen and oxygen atoms in total. The molecule has 1 aliphatic carbocycles. The molecule has 1 amide bonds. The molecule has 0 unspecified atom stereocenters. The Bertz CT molecular complexity index is 707. The van der Waals surface area contributed by atoms with Crippen LogP contribution in [0.25, 0.3) is 0 Å². The SMILES string of the molecule is C[C@@H](O)[C@H](NC(=O)c1ccc(C#CC2=CCCCC2)cc1)C(=O)CO. The van der Waals surface area contributed by atoms with Crippen molar-refractivity contribution in [1.82, 2.24) is 5.32 Å². The Hall–Kier alpha value is -2.42. The summed E-state index contributed by atoms with van der Waals surface area (Å²) in [5, 5.41) is 20.9. The maximum Gasteiger partial charge on any atom is 0.251 e. The number of aliphatic hydroxyl groups excluding tert-OH is 2. The first-order valence-corrected chi connectivity index (χ1v) is 8.45. The molecular formula is C20H23NO4. The monoisotopic (exact) mass is 341 g/mol. The molecule has 3 N–H and O–H groups in total. The van der Waals surface area contributed by atoms with Crippen molar-refractivity contribution in [3.8, 4) is 11.8 Å². The van der Waals surface area contributed by atoms with E-state index in [-0.39, 0.29) is 0 Å². The highest BCUT2D eigenvalue weighted by atomic mass is 16.3. The van der Waals surface area contributed by atoms with Crippen molar-refractivity contribution in [2.45, 2.75) is 44.8 Å². The Balaban J connectivity index is 2.03. The number of benzene rings is 1. The number of aliphatic hydroxyl groups is 2. The number of ketones is 1. The second-order valence-corrected chi connectivity index (χ2v) is 6.12. The first-order chi connectivity index (χ1) is 12.0. The smallest absolute Gasteiger partial charge is 0.251 e. The van der Waals surface area contributed by atoms with Gasteiger partial charge >= 0.3 is 0 Å². The van der Waals surface area contributed by atoms with Crippen LogP contribution in [-0.4, -0.2) is 40.7 Å². The van der Waals surface area contributed by atoms with E-state index < -0.39 is 30.4 Å². The van der Waals surface area contributed by atoms with Crippen molar-refractivity contribution in [3.05, 3.63) is 47.0 Å². The van der Waals surface area contributed by atoms with E-state index in [0.717, 1.165) is 24.0 Å². The molecule has 1 aromatic carbocycles. The van der Waals surface area contributed by atoms with E-state index in [1.807, 2.05) is 0 Å². The molecule has 132 valence electrons. The quantitative estimate of drug-likeness (QED) is 0.710. The Morgan fingerprint density at radius 1 is 1.20 bits per heavy atom. The van der Waals surface area contributed by atoms with Crippen LogP contribution < -0.4 is 5.32 Å². The largest absolute Gasteiger partial charge is 0.391 e. The summed E-state index contributed by atoms with van der Waals surface area (Å²) in [5.41, 5.74) is 2.33. The van der Waals surface area contributed by atoms with E-state index in [9.17, 15) is 14.7 Å². The fourth-order valence-electron chi connectivity index (χ4n) is 2.60. The van der Waals surface area contributed by atoms with Crippen LogP contribution in [0.2, 0.25) is 0 Å². The Morgan fingerprint density at radius 3 is 2.48 bits per heavy atom. The lowest BCUT2D eigenvalue weighted by molar-refractivity contribution is -0.125. The van der Waals surface area contributed by atoms with Crippen LogP contribution in [0.4, 0.5) is 0 Å². The van der Waals surface area contributed by atoms with Gasteiger partial charge < -0.3 is 15.5 Å². The van der Waals surface area contributed by atoms with Gasteiger partial charge in [0.25, 0.3) is 5.91 Å². The van der Waals surface area contributed by atoms with Crippen LogP contribution >= 0.6 is 0 Å². The minimum absolute atomic E-state index is 0.360. The molecule has 0 spiro atoms. The maximum atomic E-state index is 12.2. The zero-order valence-corrected chi connectivity index (χ0v) is 14.3. The number of rotatable bonds is 5. The standard InChI is InChI=1S/C20H23NO4/c1-14(23)19(18(24)13-22)21-20(25)17-11-9-16(10-12-17)8-7-15-5-3-2-4-6-15/h5,9-12,14,19,22-23H,2-4,6,13H2,1H3,(H,21,25)/t14-,19+/m1/s1. The first-order valence-electron chi connectivity index (χ1n) is 8.45. The minimum Gasteiger partial charge on any atom is -0.391 e. The molecule has 2 atom stereocenters. The molecule has 1 aromatic rings. The molecule has 2 rings (SSSR count). The molecule has 1 aliphatic rings. The van der Waals surface area contributed by atoms with Crippen molar-refractivity contribution in [1.29, 1.82) is 0 Å². The van der Waals surface area contributed by atoms with Crippen LogP contribution in [0.3, 0.4) is 0 Å². The number of nitrogens with one attached hydrogen (secondary N) is 1. The van der Waals surface area contributed by atoms with E-state index in [1.54, 1.807) is 24.3 Å². The second-order valence-electron chi connectivity index (χ2n) is 6.12. The number of carbonyl (C=O) groups excluding carboxylic acids is 2. The van der Waals surface area contributed by atoms with Gasteiger partial charge in [-0.15, -0.1) is 0 Å². The molecule has 0 aliphatic heterocycles. The third-order valence-corrected chi connectivity index (χ3v) is 4.08. The average Bonchev–Trinajstić information content (AvgIpc) is 2.64. The average molecular weight is 341 g/mol. The fraction of sp³-hybridized carbons (Fsp3) is 0.400. The lowest BCUT2D eigenvalue weighted by Crippen LogP contribution is -2.48. The molecule has 5 heteroatoms. The maximum absolute atomic E-state index is 12.2. The number of allylic oxidation sites excluding steroid dienone is 2. The van der Waals surface area contributed by atoms with Crippen LogP contribution in [0.5, 0.6) is 0 Å². The van der Waals surface area contributed by atoms with Gasteiger partial charge in [-0.3, -0.25) is 9.59 Å². The van der Waals surface area contributed by atoms with Crippen molar-refractivity contribution in [2.75, 3.05) is 6.61 Å². The van der Waals surface area contributed by atoms with Crippen molar-refractivity contribution < 1.29 is 19.8 Å². The molecule has 0 radical (unpaired) electrons. The fourth-order valence-corrected chi connectivity index (χ4v) is 2.60. The summed E-state index contributed by atoms with van der Waals surface area (Å²) < 4.78 is 0. The van der Waals surface area contributed by atoms with E-state index >= 15 is 0 Å². The number of carbonyl (C=O) groups is 2. The van der Waals surface area contributed by atoms with E-state index in [4.69, 9.17) is 5.11 Å². The summed E-state index contributed by atoms with van der Waals surface area (Å²) in [5.74, 6) is 5.13. The second kappa shape index (κ2) is 9.16. The third-order valence-electron chi connectivity index (χ3n) is 4.08. The topological polar surface area (TPSA) is 86.6 Å². The molecule has 0 saturated carbocycles. The molecule has 0 fully saturated rings. The Kier molecular flexibility index (Phi) is 6.93. The summed E-state index contributed by atoms with van der Waals surface area (Å²) in [6.07, 6.45) is 5.59. The van der Waals surface area contributed by atoms with Gasteiger partial charge in [-0.1, -0.05) is 17.9 Å². The van der Waals surface area contributed by atoms with Gasteiger partial charge in [0.1, 0.15) is 12.6 Å². The van der Waals surface area contributed by atoms with Crippen LogP contribution in [0.15, 0.2) is 35.9 Å².